The van der Waals surface area contributed by atoms with Crippen LogP contribution in [0.2, 0.25) is 0 Å². The molecule has 0 aromatic heterocycles. The molecule has 0 atom stereocenters. The molecule has 0 aliphatic carbocycles. The highest BCUT2D eigenvalue weighted by Gasteiger charge is 2.31. The molecule has 0 radical (unpaired) electrons. The van der Waals surface area contributed by atoms with E-state index in [2.05, 4.69) is 0 Å². The molecule has 22 heavy (non-hydrogen) atoms. The molecule has 0 saturated heterocycles. The monoisotopic (exact) mass is 347 g/mol. The maximum atomic E-state index is 12.8. The van der Waals surface area contributed by atoms with Crippen LogP contribution < -0.4 is 4.90 Å². The van der Waals surface area contributed by atoms with Gasteiger partial charge in [0.1, 0.15) is 12.2 Å². The Balaban J connectivity index is 3.24. The molecule has 1 rings (SSSR count). The Hall–Kier alpha value is -0.870. The van der Waals surface area contributed by atoms with Gasteiger partial charge in [0, 0.05) is 0 Å². The van der Waals surface area contributed by atoms with Gasteiger partial charge in [0.15, 0.2) is 0 Å². The summed E-state index contributed by atoms with van der Waals surface area (Å²) in [6, 6.07) is 5.69. The van der Waals surface area contributed by atoms with E-state index in [4.69, 9.17) is 20.6 Å². The molecule has 0 aliphatic rings. The summed E-state index contributed by atoms with van der Waals surface area (Å²) in [5.41, 5.74) is 2.50. The van der Waals surface area contributed by atoms with Gasteiger partial charge in [-0.3, -0.25) is 14.3 Å². The molecule has 0 bridgehead atoms. The predicted octanol–water partition coefficient (Wildman–Crippen LogP) is 4.10. The molecule has 0 heterocycles. The Morgan fingerprint density at radius 1 is 1.18 bits per heavy atom. The molecule has 1 aromatic rings. The average Bonchev–Trinajstić information content (AvgIpc) is 2.45. The quantitative estimate of drug-likeness (QED) is 0.525. The summed E-state index contributed by atoms with van der Waals surface area (Å²) in [6.45, 7) is 7.74. The molecule has 0 fully saturated rings. The Morgan fingerprint density at radius 2 is 1.68 bits per heavy atom. The summed E-state index contributed by atoms with van der Waals surface area (Å²) < 4.78 is 23.3. The third kappa shape index (κ3) is 4.82. The van der Waals surface area contributed by atoms with Crippen molar-refractivity contribution in [2.24, 2.45) is 0 Å². The van der Waals surface area contributed by atoms with Crippen LogP contribution in [0.4, 0.5) is 5.69 Å². The number of carbonyl (C=O) groups is 1. The van der Waals surface area contributed by atoms with Gasteiger partial charge in [-0.05, 0) is 38.8 Å². The van der Waals surface area contributed by atoms with Crippen molar-refractivity contribution in [2.75, 3.05) is 30.3 Å². The molecule has 0 unspecified atom stereocenters. The maximum absolute atomic E-state index is 12.8. The van der Waals surface area contributed by atoms with E-state index in [1.54, 1.807) is 13.8 Å². The first-order valence-electron chi connectivity index (χ1n) is 7.19. The lowest BCUT2D eigenvalue weighted by Gasteiger charge is -2.29. The summed E-state index contributed by atoms with van der Waals surface area (Å²) >= 11 is 5.72. The zero-order valence-corrected chi connectivity index (χ0v) is 15.1. The van der Waals surface area contributed by atoms with Gasteiger partial charge < -0.3 is 9.05 Å². The van der Waals surface area contributed by atoms with Gasteiger partial charge in [-0.1, -0.05) is 18.2 Å². The number of halogens is 1. The van der Waals surface area contributed by atoms with Gasteiger partial charge in [-0.15, -0.1) is 11.6 Å². The molecule has 0 spiro atoms. The van der Waals surface area contributed by atoms with Crippen LogP contribution in [0.1, 0.15) is 25.0 Å². The van der Waals surface area contributed by atoms with Crippen LogP contribution in [0, 0.1) is 13.8 Å². The number of carbonyl (C=O) groups excluding carboxylic acids is 1. The van der Waals surface area contributed by atoms with Crippen molar-refractivity contribution in [3.63, 3.8) is 0 Å². The first kappa shape index (κ1) is 19.2. The van der Waals surface area contributed by atoms with Gasteiger partial charge in [0.25, 0.3) is 0 Å². The first-order valence-corrected chi connectivity index (χ1v) is 9.45. The van der Waals surface area contributed by atoms with Crippen molar-refractivity contribution in [1.29, 1.82) is 0 Å². The minimum absolute atomic E-state index is 0.147. The van der Waals surface area contributed by atoms with Gasteiger partial charge in [0.05, 0.1) is 18.9 Å². The SMILES string of the molecule is CCOP(=O)(CN(C(=O)CCl)c1c(C)cccc1C)OCC. The maximum Gasteiger partial charge on any atom is 0.350 e. The number of amides is 1. The van der Waals surface area contributed by atoms with Crippen LogP contribution in [0.15, 0.2) is 18.2 Å². The van der Waals surface area contributed by atoms with E-state index in [1.807, 2.05) is 32.0 Å². The normalized spacial score (nSPS) is 11.5. The molecule has 7 heteroatoms. The number of rotatable bonds is 8. The van der Waals surface area contributed by atoms with Crippen LogP contribution in [0.25, 0.3) is 0 Å². The van der Waals surface area contributed by atoms with Crippen LogP contribution >= 0.6 is 19.2 Å². The largest absolute Gasteiger partial charge is 0.350 e. The second kappa shape index (κ2) is 8.68. The number of anilines is 1. The second-order valence-corrected chi connectivity index (χ2v) is 7.07. The van der Waals surface area contributed by atoms with E-state index in [1.165, 1.54) is 4.90 Å². The Morgan fingerprint density at radius 3 is 2.09 bits per heavy atom. The molecular weight excluding hydrogens is 325 g/mol. The summed E-state index contributed by atoms with van der Waals surface area (Å²) in [5, 5.41) is 0. The van der Waals surface area contributed by atoms with Crippen LogP contribution in [-0.2, 0) is 18.4 Å². The standard InChI is InChI=1S/C15H23ClNO4P/c1-5-20-22(19,21-6-2)11-17(14(18)10-16)15-12(3)8-7-9-13(15)4/h7-9H,5-6,10-11H2,1-4H3. The van der Waals surface area contributed by atoms with E-state index >= 15 is 0 Å². The third-order valence-corrected chi connectivity index (χ3v) is 5.25. The lowest BCUT2D eigenvalue weighted by Crippen LogP contribution is -2.34. The number of nitrogens with zero attached hydrogens (tertiary/aromatic N) is 1. The van der Waals surface area contributed by atoms with Crippen molar-refractivity contribution >= 4 is 30.8 Å². The summed E-state index contributed by atoms with van der Waals surface area (Å²) in [7, 11) is -3.40. The zero-order valence-electron chi connectivity index (χ0n) is 13.5. The minimum atomic E-state index is -3.40. The topological polar surface area (TPSA) is 55.8 Å². The fourth-order valence-corrected chi connectivity index (χ4v) is 4.08. The van der Waals surface area contributed by atoms with Crippen LogP contribution in [0.3, 0.4) is 0 Å². The summed E-state index contributed by atoms with van der Waals surface area (Å²) in [6.07, 6.45) is -0.147. The molecule has 0 aliphatic heterocycles. The van der Waals surface area contributed by atoms with Crippen molar-refractivity contribution in [3.05, 3.63) is 29.3 Å². The van der Waals surface area contributed by atoms with E-state index in [0.717, 1.165) is 11.1 Å². The zero-order chi connectivity index (χ0) is 16.8. The molecule has 1 amide bonds. The van der Waals surface area contributed by atoms with E-state index in [0.29, 0.717) is 5.69 Å². The van der Waals surface area contributed by atoms with Crippen molar-refractivity contribution in [3.8, 4) is 0 Å². The van der Waals surface area contributed by atoms with Gasteiger partial charge in [-0.25, -0.2) is 0 Å². The van der Waals surface area contributed by atoms with Crippen molar-refractivity contribution in [1.82, 2.24) is 0 Å². The first-order chi connectivity index (χ1) is 10.4. The van der Waals surface area contributed by atoms with Crippen LogP contribution in [-0.4, -0.2) is 31.3 Å². The second-order valence-electron chi connectivity index (χ2n) is 4.78. The highest BCUT2D eigenvalue weighted by Crippen LogP contribution is 2.49. The number of para-hydroxylation sites is 1. The van der Waals surface area contributed by atoms with Crippen LogP contribution in [0.5, 0.6) is 0 Å². The molecule has 5 nitrogen and oxygen atoms in total. The number of benzene rings is 1. The number of hydrogen-bond donors (Lipinski definition) is 0. The summed E-state index contributed by atoms with van der Waals surface area (Å²) in [5.74, 6) is -0.537. The number of alkyl halides is 1. The molecular formula is C15H23ClNO4P. The average molecular weight is 348 g/mol. The summed E-state index contributed by atoms with van der Waals surface area (Å²) in [4.78, 5) is 13.7. The molecule has 1 aromatic carbocycles. The number of hydrogen-bond acceptors (Lipinski definition) is 4. The Labute approximate surface area is 137 Å². The highest BCUT2D eigenvalue weighted by molar-refractivity contribution is 7.54. The molecule has 0 N–H and O–H groups in total. The lowest BCUT2D eigenvalue weighted by molar-refractivity contribution is -0.116. The van der Waals surface area contributed by atoms with Gasteiger partial charge >= 0.3 is 7.60 Å². The van der Waals surface area contributed by atoms with Crippen molar-refractivity contribution in [2.45, 2.75) is 27.7 Å². The predicted molar refractivity (Wildman–Crippen MR) is 89.8 cm³/mol. The fraction of sp³-hybridized carbons (Fsp3) is 0.533. The van der Waals surface area contributed by atoms with E-state index in [-0.39, 0.29) is 31.3 Å². The third-order valence-electron chi connectivity index (χ3n) is 3.09. The smallest absolute Gasteiger partial charge is 0.308 e. The van der Waals surface area contributed by atoms with Gasteiger partial charge in [0.2, 0.25) is 5.91 Å². The Bertz CT molecular complexity index is 534. The highest BCUT2D eigenvalue weighted by atomic mass is 35.5. The number of aryl methyl sites for hydroxylation is 2. The fourth-order valence-electron chi connectivity index (χ4n) is 2.26. The van der Waals surface area contributed by atoms with Gasteiger partial charge in [-0.2, -0.15) is 0 Å². The molecule has 124 valence electrons. The Kier molecular flexibility index (Phi) is 7.57. The lowest BCUT2D eigenvalue weighted by atomic mass is 10.1. The molecule has 0 saturated carbocycles. The van der Waals surface area contributed by atoms with E-state index < -0.39 is 7.60 Å². The van der Waals surface area contributed by atoms with E-state index in [9.17, 15) is 9.36 Å². The van der Waals surface area contributed by atoms with Crippen molar-refractivity contribution < 1.29 is 18.4 Å². The minimum Gasteiger partial charge on any atom is -0.308 e.